The molecule has 0 atom stereocenters. The van der Waals surface area contributed by atoms with Crippen LogP contribution in [0.1, 0.15) is 59.2 Å². The number of carbonyl (C=O) groups is 1. The molecule has 2 bridgehead atoms. The number of aliphatic hydroxyl groups excluding tert-OH is 1. The first-order chi connectivity index (χ1) is 17.7. The molecule has 2 aliphatic heterocycles. The third-order valence-electron chi connectivity index (χ3n) is 7.76. The zero-order valence-corrected chi connectivity index (χ0v) is 21.5. The van der Waals surface area contributed by atoms with Gasteiger partial charge in [0.15, 0.2) is 0 Å². The third kappa shape index (κ3) is 6.87. The normalized spacial score (nSPS) is 20.3. The Morgan fingerprint density at radius 3 is 2.56 bits per heavy atom. The molecule has 0 aromatic heterocycles. The molecule has 1 amide bonds. The molecule has 1 saturated heterocycles. The van der Waals surface area contributed by atoms with E-state index in [1.54, 1.807) is 0 Å². The number of hydrogen-bond donors (Lipinski definition) is 1. The van der Waals surface area contributed by atoms with E-state index in [4.69, 9.17) is 4.74 Å². The lowest BCUT2D eigenvalue weighted by Crippen LogP contribution is -2.49. The second kappa shape index (κ2) is 12.2. The predicted molar refractivity (Wildman–Crippen MR) is 142 cm³/mol. The van der Waals surface area contributed by atoms with Crippen molar-refractivity contribution < 1.29 is 14.6 Å². The molecule has 6 heteroatoms. The fraction of sp³-hybridized carbons (Fsp3) is 0.567. The van der Waals surface area contributed by atoms with Gasteiger partial charge in [0.2, 0.25) is 0 Å². The molecular weight excluding hydrogens is 450 g/mol. The average molecular weight is 492 g/mol. The van der Waals surface area contributed by atoms with E-state index in [-0.39, 0.29) is 12.5 Å². The average Bonchev–Trinajstić information content (AvgIpc) is 3.71. The number of carbonyl (C=O) groups excluding carboxylic acids is 1. The summed E-state index contributed by atoms with van der Waals surface area (Å²) in [5, 5.41) is 9.19. The number of fused-ring (bicyclic) bond motifs is 3. The smallest absolute Gasteiger partial charge is 0.253 e. The van der Waals surface area contributed by atoms with Crippen molar-refractivity contribution in [1.82, 2.24) is 14.7 Å². The van der Waals surface area contributed by atoms with Crippen molar-refractivity contribution in [3.8, 4) is 5.75 Å². The highest BCUT2D eigenvalue weighted by Gasteiger charge is 2.25. The van der Waals surface area contributed by atoms with Crippen LogP contribution in [-0.4, -0.2) is 84.7 Å². The first-order valence-corrected chi connectivity index (χ1v) is 13.9. The second-order valence-electron chi connectivity index (χ2n) is 10.8. The maximum atomic E-state index is 13.3. The van der Waals surface area contributed by atoms with Crippen molar-refractivity contribution in [3.63, 3.8) is 0 Å². The number of rotatable bonds is 5. The number of aliphatic hydroxyl groups is 1. The van der Waals surface area contributed by atoms with E-state index in [1.165, 1.54) is 43.4 Å². The molecule has 36 heavy (non-hydrogen) atoms. The van der Waals surface area contributed by atoms with E-state index in [9.17, 15) is 9.90 Å². The monoisotopic (exact) mass is 491 g/mol. The topological polar surface area (TPSA) is 56.2 Å². The zero-order valence-electron chi connectivity index (χ0n) is 21.5. The lowest BCUT2D eigenvalue weighted by Gasteiger charge is -2.34. The molecule has 1 N–H and O–H groups in total. The van der Waals surface area contributed by atoms with Gasteiger partial charge in [-0.25, -0.2) is 0 Å². The van der Waals surface area contributed by atoms with Crippen molar-refractivity contribution in [3.05, 3.63) is 64.7 Å². The molecule has 2 aromatic carbocycles. The van der Waals surface area contributed by atoms with Crippen molar-refractivity contribution in [1.29, 1.82) is 0 Å². The zero-order chi connectivity index (χ0) is 24.7. The van der Waals surface area contributed by atoms with Gasteiger partial charge in [0, 0.05) is 57.8 Å². The summed E-state index contributed by atoms with van der Waals surface area (Å²) in [6.45, 7) is 7.99. The Kier molecular flexibility index (Phi) is 8.57. The fourth-order valence-electron chi connectivity index (χ4n) is 5.50. The minimum Gasteiger partial charge on any atom is -0.493 e. The summed E-state index contributed by atoms with van der Waals surface area (Å²) in [6, 6.07) is 14.9. The summed E-state index contributed by atoms with van der Waals surface area (Å²) >= 11 is 0. The molecule has 0 unspecified atom stereocenters. The molecular formula is C30H41N3O3. The first kappa shape index (κ1) is 25.2. The summed E-state index contributed by atoms with van der Waals surface area (Å²) in [4.78, 5) is 20.1. The van der Waals surface area contributed by atoms with Crippen LogP contribution in [0.15, 0.2) is 42.5 Å². The highest BCUT2D eigenvalue weighted by atomic mass is 16.5. The van der Waals surface area contributed by atoms with Gasteiger partial charge in [-0.2, -0.15) is 0 Å². The summed E-state index contributed by atoms with van der Waals surface area (Å²) in [7, 11) is 0. The summed E-state index contributed by atoms with van der Waals surface area (Å²) in [6.07, 6.45) is 6.98. The molecule has 2 fully saturated rings. The Bertz CT molecular complexity index is 1010. The molecule has 0 spiro atoms. The molecule has 5 rings (SSSR count). The molecule has 3 aliphatic rings. The van der Waals surface area contributed by atoms with Crippen molar-refractivity contribution in [2.45, 2.75) is 45.1 Å². The van der Waals surface area contributed by atoms with Gasteiger partial charge in [-0.3, -0.25) is 14.6 Å². The van der Waals surface area contributed by atoms with Crippen LogP contribution in [0.2, 0.25) is 0 Å². The van der Waals surface area contributed by atoms with Crippen LogP contribution in [0.5, 0.6) is 5.75 Å². The standard InChI is InChI=1S/C30H41N3O3/c34-17-16-31-12-14-33(15-13-31)30(35)27-9-10-29-28(21-27)20-25-5-4-6-26(19-25)23-32(22-24-7-8-24)11-2-1-3-18-36-29/h4-6,9-10,19,21,24,34H,1-3,7-8,11-18,20,22-23H2. The third-order valence-corrected chi connectivity index (χ3v) is 7.76. The van der Waals surface area contributed by atoms with E-state index in [0.29, 0.717) is 19.6 Å². The van der Waals surface area contributed by atoms with E-state index in [0.717, 1.165) is 68.4 Å². The van der Waals surface area contributed by atoms with Gasteiger partial charge in [0.25, 0.3) is 5.91 Å². The molecule has 2 heterocycles. The van der Waals surface area contributed by atoms with Crippen LogP contribution < -0.4 is 4.74 Å². The van der Waals surface area contributed by atoms with E-state index in [1.807, 2.05) is 17.0 Å². The lowest BCUT2D eigenvalue weighted by atomic mass is 9.99. The van der Waals surface area contributed by atoms with Gasteiger partial charge in [-0.05, 0) is 79.5 Å². The lowest BCUT2D eigenvalue weighted by molar-refractivity contribution is 0.0615. The van der Waals surface area contributed by atoms with E-state index < -0.39 is 0 Å². The number of hydrogen-bond acceptors (Lipinski definition) is 5. The van der Waals surface area contributed by atoms with Crippen LogP contribution in [0.3, 0.4) is 0 Å². The van der Waals surface area contributed by atoms with Crippen LogP contribution in [0.25, 0.3) is 0 Å². The Hall–Kier alpha value is -2.41. The van der Waals surface area contributed by atoms with Crippen molar-refractivity contribution in [2.24, 2.45) is 5.92 Å². The summed E-state index contributed by atoms with van der Waals surface area (Å²) in [5.74, 6) is 1.89. The molecule has 1 saturated carbocycles. The van der Waals surface area contributed by atoms with Crippen LogP contribution in [0, 0.1) is 5.92 Å². The van der Waals surface area contributed by atoms with Crippen LogP contribution in [-0.2, 0) is 13.0 Å². The van der Waals surface area contributed by atoms with Crippen molar-refractivity contribution in [2.75, 3.05) is 59.0 Å². The Morgan fingerprint density at radius 1 is 0.917 bits per heavy atom. The molecule has 1 aliphatic carbocycles. The number of β-amino-alcohol motifs (C(OH)–C–C–N with tert-alkyl or cyclic N) is 1. The minimum atomic E-state index is 0.0883. The van der Waals surface area contributed by atoms with Gasteiger partial charge in [-0.1, -0.05) is 24.3 Å². The van der Waals surface area contributed by atoms with E-state index in [2.05, 4.69) is 40.1 Å². The Morgan fingerprint density at radius 2 is 1.75 bits per heavy atom. The second-order valence-corrected chi connectivity index (χ2v) is 10.8. The number of piperazine rings is 1. The highest BCUT2D eigenvalue weighted by Crippen LogP contribution is 2.31. The molecule has 2 aromatic rings. The van der Waals surface area contributed by atoms with Gasteiger partial charge >= 0.3 is 0 Å². The Labute approximate surface area is 215 Å². The Balaban J connectivity index is 1.33. The maximum Gasteiger partial charge on any atom is 0.253 e. The number of nitrogens with zero attached hydrogens (tertiary/aromatic N) is 3. The summed E-state index contributed by atoms with van der Waals surface area (Å²) < 4.78 is 6.26. The van der Waals surface area contributed by atoms with Crippen LogP contribution >= 0.6 is 0 Å². The van der Waals surface area contributed by atoms with Gasteiger partial charge in [0.05, 0.1) is 13.2 Å². The molecule has 6 nitrogen and oxygen atoms in total. The van der Waals surface area contributed by atoms with Crippen LogP contribution in [0.4, 0.5) is 0 Å². The number of benzene rings is 2. The first-order valence-electron chi connectivity index (χ1n) is 13.9. The van der Waals surface area contributed by atoms with E-state index >= 15 is 0 Å². The highest BCUT2D eigenvalue weighted by molar-refractivity contribution is 5.94. The predicted octanol–water partition coefficient (Wildman–Crippen LogP) is 3.80. The van der Waals surface area contributed by atoms with Crippen molar-refractivity contribution >= 4 is 5.91 Å². The molecule has 194 valence electrons. The quantitative estimate of drug-likeness (QED) is 0.690. The SMILES string of the molecule is O=C(c1ccc2c(c1)Cc1cccc(c1)CN(CC1CC1)CCCCCO2)N1CCN(CCO)CC1. The maximum absolute atomic E-state index is 13.3. The fourth-order valence-corrected chi connectivity index (χ4v) is 5.50. The number of amides is 1. The largest absolute Gasteiger partial charge is 0.493 e. The number of ether oxygens (including phenoxy) is 1. The summed E-state index contributed by atoms with van der Waals surface area (Å²) in [5.41, 5.74) is 4.47. The van der Waals surface area contributed by atoms with Gasteiger partial charge in [-0.15, -0.1) is 0 Å². The van der Waals surface area contributed by atoms with Gasteiger partial charge < -0.3 is 14.7 Å². The minimum absolute atomic E-state index is 0.0883. The molecule has 0 radical (unpaired) electrons. The van der Waals surface area contributed by atoms with Gasteiger partial charge in [0.1, 0.15) is 5.75 Å².